The van der Waals surface area contributed by atoms with Crippen LogP contribution in [-0.4, -0.2) is 49.8 Å². The zero-order valence-electron chi connectivity index (χ0n) is 11.2. The van der Waals surface area contributed by atoms with Crippen LogP contribution in [0.3, 0.4) is 0 Å². The summed E-state index contributed by atoms with van der Waals surface area (Å²) >= 11 is 5.63. The summed E-state index contributed by atoms with van der Waals surface area (Å²) in [5.41, 5.74) is 0. The number of piperazine rings is 1. The normalized spacial score (nSPS) is 22.8. The predicted octanol–water partition coefficient (Wildman–Crippen LogP) is 1.73. The molecule has 0 N–H and O–H groups in total. The number of nitrogens with zero attached hydrogens (tertiary/aromatic N) is 2. The first kappa shape index (κ1) is 14.8. The van der Waals surface area contributed by atoms with Crippen molar-refractivity contribution in [2.24, 2.45) is 0 Å². The Morgan fingerprint density at radius 3 is 2.68 bits per heavy atom. The molecule has 1 aliphatic heterocycles. The second-order valence-corrected chi connectivity index (χ2v) is 6.83. The van der Waals surface area contributed by atoms with Crippen molar-refractivity contribution in [2.45, 2.75) is 30.9 Å². The van der Waals surface area contributed by atoms with Crippen molar-refractivity contribution in [3.8, 4) is 0 Å². The van der Waals surface area contributed by atoms with Crippen LogP contribution in [-0.2, 0) is 15.9 Å². The fourth-order valence-electron chi connectivity index (χ4n) is 2.35. The molecule has 7 heteroatoms. The van der Waals surface area contributed by atoms with Crippen molar-refractivity contribution in [3.05, 3.63) is 17.9 Å². The van der Waals surface area contributed by atoms with Crippen molar-refractivity contribution in [1.29, 1.82) is 0 Å². The predicted molar refractivity (Wildman–Crippen MR) is 73.7 cm³/mol. The number of likely N-dealkylation sites (N-methyl/N-ethyl adjacent to an activating group) is 1. The van der Waals surface area contributed by atoms with Gasteiger partial charge in [-0.3, -0.25) is 4.90 Å². The van der Waals surface area contributed by atoms with Crippen LogP contribution < -0.4 is 0 Å². The molecule has 0 spiro atoms. The standard InChI is InChI=1S/C12H19ClN2O3S/c1-3-14-6-7-15(9-10(14)2)19(16,17)12-5-4-11(8-13)18-12/h4-5,10H,3,6-9H2,1-2H3. The third-order valence-corrected chi connectivity index (χ3v) is 5.50. The van der Waals surface area contributed by atoms with E-state index in [0.29, 0.717) is 18.8 Å². The molecule has 1 aromatic heterocycles. The summed E-state index contributed by atoms with van der Waals surface area (Å²) in [7, 11) is -3.53. The lowest BCUT2D eigenvalue weighted by Gasteiger charge is -2.38. The van der Waals surface area contributed by atoms with E-state index in [0.717, 1.165) is 13.1 Å². The summed E-state index contributed by atoms with van der Waals surface area (Å²) in [5, 5.41) is -0.0136. The van der Waals surface area contributed by atoms with Crippen LogP contribution in [0.1, 0.15) is 19.6 Å². The molecule has 0 bridgehead atoms. The molecule has 5 nitrogen and oxygen atoms in total. The van der Waals surface area contributed by atoms with Gasteiger partial charge in [0, 0.05) is 25.7 Å². The van der Waals surface area contributed by atoms with E-state index in [1.807, 2.05) is 6.92 Å². The maximum absolute atomic E-state index is 12.4. The van der Waals surface area contributed by atoms with Gasteiger partial charge in [-0.05, 0) is 25.6 Å². The van der Waals surface area contributed by atoms with E-state index < -0.39 is 10.0 Å². The van der Waals surface area contributed by atoms with Gasteiger partial charge in [-0.1, -0.05) is 6.92 Å². The number of halogens is 1. The first-order valence-electron chi connectivity index (χ1n) is 6.38. The van der Waals surface area contributed by atoms with E-state index in [2.05, 4.69) is 11.8 Å². The van der Waals surface area contributed by atoms with Crippen molar-refractivity contribution >= 4 is 21.6 Å². The van der Waals surface area contributed by atoms with E-state index in [9.17, 15) is 8.42 Å². The fraction of sp³-hybridized carbons (Fsp3) is 0.667. The Morgan fingerprint density at radius 2 is 2.16 bits per heavy atom. The zero-order chi connectivity index (χ0) is 14.0. The molecule has 1 aromatic rings. The third kappa shape index (κ3) is 2.97. The molecule has 2 heterocycles. The zero-order valence-corrected chi connectivity index (χ0v) is 12.7. The summed E-state index contributed by atoms with van der Waals surface area (Å²) in [6.07, 6.45) is 0. The van der Waals surface area contributed by atoms with Gasteiger partial charge < -0.3 is 4.42 Å². The van der Waals surface area contributed by atoms with Crippen LogP contribution in [0.25, 0.3) is 0 Å². The third-order valence-electron chi connectivity index (χ3n) is 3.50. The Hall–Kier alpha value is -0.560. The lowest BCUT2D eigenvalue weighted by Crippen LogP contribution is -2.53. The minimum atomic E-state index is -3.53. The average molecular weight is 307 g/mol. The quantitative estimate of drug-likeness (QED) is 0.795. The fourth-order valence-corrected chi connectivity index (χ4v) is 3.93. The molecule has 1 atom stereocenters. The van der Waals surface area contributed by atoms with Crippen LogP contribution in [0.4, 0.5) is 0 Å². The number of furan rings is 1. The smallest absolute Gasteiger partial charge is 0.276 e. The van der Waals surface area contributed by atoms with Crippen molar-refractivity contribution in [1.82, 2.24) is 9.21 Å². The summed E-state index contributed by atoms with van der Waals surface area (Å²) < 4.78 is 31.6. The van der Waals surface area contributed by atoms with Crippen LogP contribution in [0.15, 0.2) is 21.6 Å². The minimum Gasteiger partial charge on any atom is -0.447 e. The Kier molecular flexibility index (Phi) is 4.55. The van der Waals surface area contributed by atoms with Gasteiger partial charge >= 0.3 is 0 Å². The van der Waals surface area contributed by atoms with Gasteiger partial charge in [0.1, 0.15) is 5.76 Å². The minimum absolute atomic E-state index is 0.0136. The first-order valence-corrected chi connectivity index (χ1v) is 8.35. The molecule has 0 aromatic carbocycles. The van der Waals surface area contributed by atoms with Gasteiger partial charge in [0.25, 0.3) is 10.0 Å². The number of sulfonamides is 1. The molecule has 0 saturated carbocycles. The number of rotatable bonds is 4. The van der Waals surface area contributed by atoms with Crippen molar-refractivity contribution in [3.63, 3.8) is 0 Å². The van der Waals surface area contributed by atoms with E-state index in [4.69, 9.17) is 16.0 Å². The molecule has 1 saturated heterocycles. The summed E-state index contributed by atoms with van der Waals surface area (Å²) in [5.74, 6) is 0.649. The molecule has 2 rings (SSSR count). The molecule has 0 amide bonds. The van der Waals surface area contributed by atoms with Crippen LogP contribution >= 0.6 is 11.6 Å². The van der Waals surface area contributed by atoms with Gasteiger partial charge in [-0.15, -0.1) is 11.6 Å². The Bertz CT molecular complexity index is 529. The maximum Gasteiger partial charge on any atom is 0.276 e. The number of alkyl halides is 1. The molecule has 19 heavy (non-hydrogen) atoms. The molecular formula is C12H19ClN2O3S. The van der Waals surface area contributed by atoms with Gasteiger partial charge in [-0.25, -0.2) is 8.42 Å². The lowest BCUT2D eigenvalue weighted by atomic mass is 10.2. The highest BCUT2D eigenvalue weighted by atomic mass is 35.5. The highest BCUT2D eigenvalue weighted by Crippen LogP contribution is 2.22. The number of hydrogen-bond acceptors (Lipinski definition) is 4. The first-order chi connectivity index (χ1) is 8.98. The molecule has 0 aliphatic carbocycles. The molecule has 1 unspecified atom stereocenters. The SMILES string of the molecule is CCN1CCN(S(=O)(=O)c2ccc(CCl)o2)CC1C. The van der Waals surface area contributed by atoms with Crippen LogP contribution in [0, 0.1) is 0 Å². The van der Waals surface area contributed by atoms with Crippen molar-refractivity contribution < 1.29 is 12.8 Å². The highest BCUT2D eigenvalue weighted by molar-refractivity contribution is 7.89. The molecule has 108 valence electrons. The van der Waals surface area contributed by atoms with E-state index >= 15 is 0 Å². The van der Waals surface area contributed by atoms with E-state index in [1.165, 1.54) is 10.4 Å². The van der Waals surface area contributed by atoms with Crippen LogP contribution in [0.5, 0.6) is 0 Å². The van der Waals surface area contributed by atoms with Gasteiger partial charge in [0.05, 0.1) is 5.88 Å². The average Bonchev–Trinajstić information content (AvgIpc) is 2.88. The summed E-state index contributed by atoms with van der Waals surface area (Å²) in [4.78, 5) is 2.26. The van der Waals surface area contributed by atoms with Gasteiger partial charge in [0.15, 0.2) is 0 Å². The largest absolute Gasteiger partial charge is 0.447 e. The topological polar surface area (TPSA) is 53.8 Å². The Balaban J connectivity index is 2.17. The monoisotopic (exact) mass is 306 g/mol. The maximum atomic E-state index is 12.4. The highest BCUT2D eigenvalue weighted by Gasteiger charge is 2.33. The number of hydrogen-bond donors (Lipinski definition) is 0. The second-order valence-electron chi connectivity index (χ2n) is 4.70. The van der Waals surface area contributed by atoms with Crippen LogP contribution in [0.2, 0.25) is 0 Å². The second kappa shape index (κ2) is 5.83. The Labute approximate surface area is 119 Å². The summed E-state index contributed by atoms with van der Waals surface area (Å²) in [6, 6.07) is 3.30. The molecule has 1 fully saturated rings. The summed E-state index contributed by atoms with van der Waals surface area (Å²) in [6.45, 7) is 6.80. The molecule has 1 aliphatic rings. The van der Waals surface area contributed by atoms with Crippen molar-refractivity contribution in [2.75, 3.05) is 26.2 Å². The Morgan fingerprint density at radius 1 is 1.42 bits per heavy atom. The van der Waals surface area contributed by atoms with E-state index in [1.54, 1.807) is 6.07 Å². The molecular weight excluding hydrogens is 288 g/mol. The van der Waals surface area contributed by atoms with Gasteiger partial charge in [-0.2, -0.15) is 4.31 Å². The van der Waals surface area contributed by atoms with E-state index in [-0.39, 0.29) is 17.0 Å². The lowest BCUT2D eigenvalue weighted by molar-refractivity contribution is 0.134. The molecule has 0 radical (unpaired) electrons. The van der Waals surface area contributed by atoms with Gasteiger partial charge in [0.2, 0.25) is 5.09 Å².